The van der Waals surface area contributed by atoms with Crippen LogP contribution in [0.15, 0.2) is 24.3 Å². The van der Waals surface area contributed by atoms with Gasteiger partial charge in [-0.2, -0.15) is 11.8 Å². The van der Waals surface area contributed by atoms with E-state index in [1.165, 1.54) is 5.56 Å². The Morgan fingerprint density at radius 2 is 2.16 bits per heavy atom. The van der Waals surface area contributed by atoms with Crippen LogP contribution in [0.1, 0.15) is 25.3 Å². The zero-order chi connectivity index (χ0) is 13.6. The predicted molar refractivity (Wildman–Crippen MR) is 80.8 cm³/mol. The molecule has 0 unspecified atom stereocenters. The Labute approximate surface area is 119 Å². The van der Waals surface area contributed by atoms with Gasteiger partial charge in [0.25, 0.3) is 0 Å². The molecule has 1 heterocycles. The van der Waals surface area contributed by atoms with Gasteiger partial charge >= 0.3 is 0 Å². The fourth-order valence-electron chi connectivity index (χ4n) is 2.28. The van der Waals surface area contributed by atoms with Crippen molar-refractivity contribution >= 4 is 11.8 Å². The Bertz CT molecular complexity index is 391. The first-order valence-corrected chi connectivity index (χ1v) is 8.10. The number of nitrogens with one attached hydrogen (secondary N) is 1. The van der Waals surface area contributed by atoms with Gasteiger partial charge in [0.1, 0.15) is 5.75 Å². The van der Waals surface area contributed by atoms with E-state index in [0.717, 1.165) is 36.6 Å². The minimum Gasteiger partial charge on any atom is -0.494 e. The second-order valence-corrected chi connectivity index (χ2v) is 6.25. The van der Waals surface area contributed by atoms with Crippen molar-refractivity contribution < 1.29 is 9.84 Å². The van der Waals surface area contributed by atoms with Gasteiger partial charge in [-0.3, -0.25) is 0 Å². The summed E-state index contributed by atoms with van der Waals surface area (Å²) in [4.78, 5) is 0. The molecule has 1 aromatic carbocycles. The Balaban J connectivity index is 1.80. The molecule has 0 atom stereocenters. The quantitative estimate of drug-likeness (QED) is 0.840. The summed E-state index contributed by atoms with van der Waals surface area (Å²) in [5.74, 6) is 3.05. The van der Waals surface area contributed by atoms with Crippen molar-refractivity contribution in [2.45, 2.75) is 31.9 Å². The van der Waals surface area contributed by atoms with Crippen LogP contribution in [0.2, 0.25) is 0 Å². The molecule has 19 heavy (non-hydrogen) atoms. The molecular formula is C15H23NO2S. The zero-order valence-electron chi connectivity index (χ0n) is 11.5. The van der Waals surface area contributed by atoms with Crippen LogP contribution < -0.4 is 10.1 Å². The van der Waals surface area contributed by atoms with Gasteiger partial charge in [-0.05, 0) is 49.0 Å². The standard InChI is InChI=1S/C15H23NO2S/c1-2-18-14-5-3-4-13(10-14)11-16-12-15(17)6-8-19-9-7-15/h3-5,10,16-17H,2,6-9,11-12H2,1H3. The molecule has 1 aliphatic heterocycles. The van der Waals surface area contributed by atoms with E-state index in [2.05, 4.69) is 17.4 Å². The molecular weight excluding hydrogens is 258 g/mol. The first kappa shape index (κ1) is 14.7. The first-order chi connectivity index (χ1) is 9.22. The lowest BCUT2D eigenvalue weighted by Crippen LogP contribution is -2.43. The highest BCUT2D eigenvalue weighted by Gasteiger charge is 2.28. The fourth-order valence-corrected chi connectivity index (χ4v) is 3.53. The van der Waals surface area contributed by atoms with Gasteiger partial charge in [0, 0.05) is 13.1 Å². The molecule has 1 saturated heterocycles. The number of hydrogen-bond donors (Lipinski definition) is 2. The molecule has 0 aliphatic carbocycles. The van der Waals surface area contributed by atoms with E-state index in [1.54, 1.807) is 0 Å². The Morgan fingerprint density at radius 3 is 2.89 bits per heavy atom. The van der Waals surface area contributed by atoms with Gasteiger partial charge in [-0.25, -0.2) is 0 Å². The molecule has 1 fully saturated rings. The van der Waals surface area contributed by atoms with Crippen molar-refractivity contribution in [3.63, 3.8) is 0 Å². The molecule has 0 bridgehead atoms. The number of ether oxygens (including phenoxy) is 1. The summed E-state index contributed by atoms with van der Waals surface area (Å²) in [6.45, 7) is 4.12. The monoisotopic (exact) mass is 281 g/mol. The minimum atomic E-state index is -0.511. The predicted octanol–water partition coefficient (Wildman–Crippen LogP) is 2.43. The van der Waals surface area contributed by atoms with Crippen molar-refractivity contribution in [3.05, 3.63) is 29.8 Å². The van der Waals surface area contributed by atoms with Crippen LogP contribution in [-0.2, 0) is 6.54 Å². The number of rotatable bonds is 6. The average Bonchev–Trinajstić information content (AvgIpc) is 2.40. The Hall–Kier alpha value is -0.710. The molecule has 1 aromatic rings. The van der Waals surface area contributed by atoms with Gasteiger partial charge in [0.2, 0.25) is 0 Å². The van der Waals surface area contributed by atoms with Crippen molar-refractivity contribution in [2.24, 2.45) is 0 Å². The molecule has 0 aromatic heterocycles. The highest BCUT2D eigenvalue weighted by molar-refractivity contribution is 7.99. The molecule has 0 amide bonds. The summed E-state index contributed by atoms with van der Waals surface area (Å²) in [6.07, 6.45) is 1.79. The van der Waals surface area contributed by atoms with Crippen molar-refractivity contribution in [3.8, 4) is 5.75 Å². The van der Waals surface area contributed by atoms with E-state index in [4.69, 9.17) is 4.74 Å². The SMILES string of the molecule is CCOc1cccc(CNCC2(O)CCSCC2)c1. The van der Waals surface area contributed by atoms with Crippen LogP contribution in [-0.4, -0.2) is 35.4 Å². The minimum absolute atomic E-state index is 0.511. The van der Waals surface area contributed by atoms with Crippen LogP contribution >= 0.6 is 11.8 Å². The maximum absolute atomic E-state index is 10.4. The van der Waals surface area contributed by atoms with Gasteiger partial charge in [0.15, 0.2) is 0 Å². The molecule has 2 rings (SSSR count). The van der Waals surface area contributed by atoms with E-state index in [9.17, 15) is 5.11 Å². The Morgan fingerprint density at radius 1 is 1.37 bits per heavy atom. The number of thioether (sulfide) groups is 1. The van der Waals surface area contributed by atoms with E-state index in [0.29, 0.717) is 13.2 Å². The molecule has 0 spiro atoms. The number of benzene rings is 1. The third-order valence-electron chi connectivity index (χ3n) is 3.42. The second-order valence-electron chi connectivity index (χ2n) is 5.02. The van der Waals surface area contributed by atoms with E-state index >= 15 is 0 Å². The van der Waals surface area contributed by atoms with Gasteiger partial charge in [-0.15, -0.1) is 0 Å². The second kappa shape index (κ2) is 7.17. The number of aliphatic hydroxyl groups is 1. The molecule has 3 nitrogen and oxygen atoms in total. The molecule has 106 valence electrons. The van der Waals surface area contributed by atoms with Crippen molar-refractivity contribution in [1.29, 1.82) is 0 Å². The van der Waals surface area contributed by atoms with Gasteiger partial charge < -0.3 is 15.2 Å². The first-order valence-electron chi connectivity index (χ1n) is 6.94. The Kier molecular flexibility index (Phi) is 5.55. The molecule has 4 heteroatoms. The molecule has 2 N–H and O–H groups in total. The maximum Gasteiger partial charge on any atom is 0.119 e. The topological polar surface area (TPSA) is 41.5 Å². The largest absolute Gasteiger partial charge is 0.494 e. The maximum atomic E-state index is 10.4. The molecule has 0 radical (unpaired) electrons. The van der Waals surface area contributed by atoms with Crippen molar-refractivity contribution in [1.82, 2.24) is 5.32 Å². The summed E-state index contributed by atoms with van der Waals surface area (Å²) in [5, 5.41) is 13.8. The third-order valence-corrected chi connectivity index (χ3v) is 4.40. The lowest BCUT2D eigenvalue weighted by molar-refractivity contribution is 0.0320. The van der Waals surface area contributed by atoms with Crippen LogP contribution in [0, 0.1) is 0 Å². The summed E-state index contributed by atoms with van der Waals surface area (Å²) in [7, 11) is 0. The third kappa shape index (κ3) is 4.71. The van der Waals surface area contributed by atoms with E-state index in [1.807, 2.05) is 30.8 Å². The van der Waals surface area contributed by atoms with E-state index in [-0.39, 0.29) is 0 Å². The smallest absolute Gasteiger partial charge is 0.119 e. The average molecular weight is 281 g/mol. The van der Waals surface area contributed by atoms with Gasteiger partial charge in [-0.1, -0.05) is 12.1 Å². The summed E-state index contributed by atoms with van der Waals surface area (Å²) < 4.78 is 5.48. The van der Waals surface area contributed by atoms with E-state index < -0.39 is 5.60 Å². The highest BCUT2D eigenvalue weighted by Crippen LogP contribution is 2.26. The van der Waals surface area contributed by atoms with Crippen LogP contribution in [0.3, 0.4) is 0 Å². The lowest BCUT2D eigenvalue weighted by Gasteiger charge is -2.32. The van der Waals surface area contributed by atoms with Gasteiger partial charge in [0.05, 0.1) is 12.2 Å². The molecule has 0 saturated carbocycles. The van der Waals surface area contributed by atoms with Crippen LogP contribution in [0.4, 0.5) is 0 Å². The van der Waals surface area contributed by atoms with Crippen molar-refractivity contribution in [2.75, 3.05) is 24.7 Å². The number of hydrogen-bond acceptors (Lipinski definition) is 4. The summed E-state index contributed by atoms with van der Waals surface area (Å²) >= 11 is 1.93. The fraction of sp³-hybridized carbons (Fsp3) is 0.600. The lowest BCUT2D eigenvalue weighted by atomic mass is 9.97. The summed E-state index contributed by atoms with van der Waals surface area (Å²) in [5.41, 5.74) is 0.683. The zero-order valence-corrected chi connectivity index (χ0v) is 12.3. The van der Waals surface area contributed by atoms with Crippen LogP contribution in [0.5, 0.6) is 5.75 Å². The highest BCUT2D eigenvalue weighted by atomic mass is 32.2. The normalized spacial score (nSPS) is 18.2. The molecule has 1 aliphatic rings. The summed E-state index contributed by atoms with van der Waals surface area (Å²) in [6, 6.07) is 8.11. The van der Waals surface area contributed by atoms with Crippen LogP contribution in [0.25, 0.3) is 0 Å².